The monoisotopic (exact) mass is 432 g/mol. The van der Waals surface area contributed by atoms with Gasteiger partial charge in [0.05, 0.1) is 16.2 Å². The molecule has 0 radical (unpaired) electrons. The molecule has 3 aromatic rings. The molecule has 4 rings (SSSR count). The zero-order chi connectivity index (χ0) is 22.4. The smallest absolute Gasteiger partial charge is 0.241 e. The minimum atomic E-state index is -3.64. The fourth-order valence-electron chi connectivity index (χ4n) is 3.62. The molecule has 0 amide bonds. The summed E-state index contributed by atoms with van der Waals surface area (Å²) < 4.78 is 30.0. The molecule has 1 aromatic carbocycles. The number of benzene rings is 1. The van der Waals surface area contributed by atoms with Gasteiger partial charge in [-0.25, -0.2) is 18.1 Å². The van der Waals surface area contributed by atoms with Crippen LogP contribution in [0, 0.1) is 11.3 Å². The Hall–Kier alpha value is -3.21. The van der Waals surface area contributed by atoms with Crippen molar-refractivity contribution in [1.29, 1.82) is 5.26 Å². The van der Waals surface area contributed by atoms with E-state index in [1.54, 1.807) is 45.0 Å². The van der Waals surface area contributed by atoms with Crippen molar-refractivity contribution in [3.05, 3.63) is 65.9 Å². The van der Waals surface area contributed by atoms with Crippen LogP contribution in [-0.4, -0.2) is 23.5 Å². The first-order chi connectivity index (χ1) is 14.6. The first-order valence-electron chi connectivity index (χ1n) is 10.1. The number of rotatable bonds is 5. The van der Waals surface area contributed by atoms with Crippen LogP contribution < -0.4 is 4.72 Å². The van der Waals surface area contributed by atoms with E-state index in [1.165, 1.54) is 0 Å². The number of hydrogen-bond donors (Lipinski definition) is 1. The van der Waals surface area contributed by atoms with Crippen molar-refractivity contribution in [3.8, 4) is 17.3 Å². The average Bonchev–Trinajstić information content (AvgIpc) is 2.98. The summed E-state index contributed by atoms with van der Waals surface area (Å²) in [5.41, 5.74) is 4.12. The molecule has 0 saturated heterocycles. The zero-order valence-corrected chi connectivity index (χ0v) is 18.8. The average molecular weight is 433 g/mol. The van der Waals surface area contributed by atoms with E-state index in [2.05, 4.69) is 22.7 Å². The van der Waals surface area contributed by atoms with Gasteiger partial charge in [-0.1, -0.05) is 25.1 Å². The SMILES string of the molecule is CCc1cnc2c(c1)c(C#N)c(-c1ccc(S(=O)(=O)NC(C)(C)C)cc1)n2C1=CC=C1. The minimum Gasteiger partial charge on any atom is -0.293 e. The lowest BCUT2D eigenvalue weighted by atomic mass is 10.1. The molecule has 0 unspecified atom stereocenters. The Morgan fingerprint density at radius 2 is 1.87 bits per heavy atom. The first kappa shape index (κ1) is 21.0. The second-order valence-corrected chi connectivity index (χ2v) is 10.3. The topological polar surface area (TPSA) is 87.8 Å². The first-order valence-corrected chi connectivity index (χ1v) is 11.6. The van der Waals surface area contributed by atoms with Gasteiger partial charge in [0.1, 0.15) is 11.7 Å². The predicted octanol–water partition coefficient (Wildman–Crippen LogP) is 4.62. The highest BCUT2D eigenvalue weighted by atomic mass is 32.2. The summed E-state index contributed by atoms with van der Waals surface area (Å²) >= 11 is 0. The predicted molar refractivity (Wildman–Crippen MR) is 123 cm³/mol. The highest BCUT2D eigenvalue weighted by molar-refractivity contribution is 7.89. The number of allylic oxidation sites excluding steroid dienone is 4. The molecule has 1 aliphatic carbocycles. The van der Waals surface area contributed by atoms with Crippen molar-refractivity contribution in [2.24, 2.45) is 0 Å². The number of hydrogen-bond acceptors (Lipinski definition) is 4. The summed E-state index contributed by atoms with van der Waals surface area (Å²) in [4.78, 5) is 4.82. The van der Waals surface area contributed by atoms with Crippen LogP contribution in [0.15, 0.2) is 59.7 Å². The van der Waals surface area contributed by atoms with Crippen molar-refractivity contribution < 1.29 is 8.42 Å². The number of aryl methyl sites for hydroxylation is 1. The number of nitrogens with zero attached hydrogens (tertiary/aromatic N) is 3. The number of pyridine rings is 1. The van der Waals surface area contributed by atoms with Crippen molar-refractivity contribution in [2.45, 2.75) is 44.6 Å². The van der Waals surface area contributed by atoms with Crippen molar-refractivity contribution >= 4 is 26.8 Å². The molecular weight excluding hydrogens is 408 g/mol. The number of nitrogens with one attached hydrogen (secondary N) is 1. The van der Waals surface area contributed by atoms with Crippen LogP contribution >= 0.6 is 0 Å². The van der Waals surface area contributed by atoms with Crippen molar-refractivity contribution in [1.82, 2.24) is 14.3 Å². The molecule has 0 spiro atoms. The molecule has 0 aliphatic heterocycles. The number of sulfonamides is 1. The third-order valence-corrected chi connectivity index (χ3v) is 6.83. The Balaban J connectivity index is 1.89. The van der Waals surface area contributed by atoms with E-state index in [-0.39, 0.29) is 4.90 Å². The van der Waals surface area contributed by atoms with Crippen LogP contribution in [-0.2, 0) is 16.4 Å². The van der Waals surface area contributed by atoms with E-state index in [0.717, 1.165) is 28.6 Å². The summed E-state index contributed by atoms with van der Waals surface area (Å²) in [5.74, 6) is 0. The van der Waals surface area contributed by atoms with Gasteiger partial charge in [0, 0.05) is 28.4 Å². The molecule has 7 heteroatoms. The van der Waals surface area contributed by atoms with Gasteiger partial charge in [-0.05, 0) is 63.1 Å². The third kappa shape index (κ3) is 3.80. The molecule has 1 aliphatic rings. The Bertz CT molecular complexity index is 1380. The fraction of sp³-hybridized carbons (Fsp3) is 0.250. The zero-order valence-electron chi connectivity index (χ0n) is 18.0. The van der Waals surface area contributed by atoms with Crippen LogP contribution in [0.25, 0.3) is 28.0 Å². The minimum absolute atomic E-state index is 0.182. The van der Waals surface area contributed by atoms with Gasteiger partial charge in [-0.2, -0.15) is 5.26 Å². The summed E-state index contributed by atoms with van der Waals surface area (Å²) in [6.45, 7) is 7.45. The summed E-state index contributed by atoms with van der Waals surface area (Å²) in [6, 6.07) is 11.0. The molecular formula is C24H24N4O2S. The molecule has 6 nitrogen and oxygen atoms in total. The van der Waals surface area contributed by atoms with E-state index < -0.39 is 15.6 Å². The number of aromatic nitrogens is 2. The van der Waals surface area contributed by atoms with E-state index >= 15 is 0 Å². The van der Waals surface area contributed by atoms with Crippen LogP contribution in [0.2, 0.25) is 0 Å². The molecule has 0 saturated carbocycles. The van der Waals surface area contributed by atoms with Gasteiger partial charge in [-0.3, -0.25) is 4.57 Å². The quantitative estimate of drug-likeness (QED) is 0.637. The summed E-state index contributed by atoms with van der Waals surface area (Å²) in [6.07, 6.45) is 8.52. The van der Waals surface area contributed by atoms with Gasteiger partial charge in [0.15, 0.2) is 0 Å². The van der Waals surface area contributed by atoms with E-state index in [1.807, 2.05) is 35.1 Å². The van der Waals surface area contributed by atoms with E-state index in [9.17, 15) is 13.7 Å². The summed E-state index contributed by atoms with van der Waals surface area (Å²) in [7, 11) is -3.64. The molecule has 0 bridgehead atoms. The second-order valence-electron chi connectivity index (χ2n) is 8.57. The lowest BCUT2D eigenvalue weighted by Gasteiger charge is -2.20. The highest BCUT2D eigenvalue weighted by Gasteiger charge is 2.25. The lowest BCUT2D eigenvalue weighted by molar-refractivity contribution is 0.491. The molecule has 2 heterocycles. The van der Waals surface area contributed by atoms with Crippen LogP contribution in [0.1, 0.15) is 38.8 Å². The molecule has 158 valence electrons. The van der Waals surface area contributed by atoms with Gasteiger partial charge >= 0.3 is 0 Å². The normalized spacial score (nSPS) is 13.7. The molecule has 1 N–H and O–H groups in total. The fourth-order valence-corrected chi connectivity index (χ4v) is 5.04. The maximum atomic E-state index is 12.7. The van der Waals surface area contributed by atoms with Gasteiger partial charge in [0.2, 0.25) is 10.0 Å². The Morgan fingerprint density at radius 3 is 2.39 bits per heavy atom. The Morgan fingerprint density at radius 1 is 1.19 bits per heavy atom. The molecule has 31 heavy (non-hydrogen) atoms. The Kier molecular flexibility index (Phi) is 5.08. The molecule has 0 atom stereocenters. The number of nitriles is 1. The third-order valence-electron chi connectivity index (χ3n) is 5.06. The van der Waals surface area contributed by atoms with Gasteiger partial charge < -0.3 is 0 Å². The Labute approximate surface area is 182 Å². The van der Waals surface area contributed by atoms with Crippen LogP contribution in [0.4, 0.5) is 0 Å². The number of fused-ring (bicyclic) bond motifs is 1. The van der Waals surface area contributed by atoms with Gasteiger partial charge in [-0.15, -0.1) is 0 Å². The van der Waals surface area contributed by atoms with Crippen molar-refractivity contribution in [3.63, 3.8) is 0 Å². The van der Waals surface area contributed by atoms with Crippen molar-refractivity contribution in [2.75, 3.05) is 0 Å². The molecule has 2 aromatic heterocycles. The second kappa shape index (κ2) is 7.49. The van der Waals surface area contributed by atoms with Crippen LogP contribution in [0.5, 0.6) is 0 Å². The standard InChI is InChI=1S/C24H24N4O2S/c1-5-16-13-20-21(14-25)22(28(18-7-6-8-18)23(20)26-15-16)17-9-11-19(12-10-17)31(29,30)27-24(2,3)4/h6-13,15,27H,5H2,1-4H3. The van der Waals surface area contributed by atoms with E-state index in [0.29, 0.717) is 16.9 Å². The maximum absolute atomic E-state index is 12.7. The maximum Gasteiger partial charge on any atom is 0.241 e. The highest BCUT2D eigenvalue weighted by Crippen LogP contribution is 2.37. The summed E-state index contributed by atoms with van der Waals surface area (Å²) in [5, 5.41) is 10.8. The lowest BCUT2D eigenvalue weighted by Crippen LogP contribution is -2.40. The molecule has 0 fully saturated rings. The van der Waals surface area contributed by atoms with E-state index in [4.69, 9.17) is 0 Å². The van der Waals surface area contributed by atoms with Gasteiger partial charge in [0.25, 0.3) is 0 Å². The van der Waals surface area contributed by atoms with Crippen LogP contribution in [0.3, 0.4) is 0 Å². The largest absolute Gasteiger partial charge is 0.293 e.